The predicted molar refractivity (Wildman–Crippen MR) is 105 cm³/mol. The number of benzene rings is 1. The summed E-state index contributed by atoms with van der Waals surface area (Å²) >= 11 is 0. The predicted octanol–water partition coefficient (Wildman–Crippen LogP) is 1.55. The molecule has 1 aromatic heterocycles. The average Bonchev–Trinajstić information content (AvgIpc) is 2.74. The lowest BCUT2D eigenvalue weighted by Crippen LogP contribution is -2.50. The molecule has 0 aliphatic carbocycles. The Morgan fingerprint density at radius 2 is 1.86 bits per heavy atom. The third kappa shape index (κ3) is 3.42. The standard InChI is InChI=1S/C21H25N3O4/c1-14-16-6-2-3-7-17(16)22-19(25)18(14)21(27)24-8-4-5-15(13-24)20(26)23-9-11-28-12-10-23/h2-3,6-7,15H,4-5,8-13H2,1H3,(H,22,25)/t15-/m1/s1. The minimum atomic E-state index is -0.372. The van der Waals surface area contributed by atoms with Crippen molar-refractivity contribution in [3.05, 3.63) is 45.7 Å². The number of morpholine rings is 1. The summed E-state index contributed by atoms with van der Waals surface area (Å²) < 4.78 is 5.32. The molecule has 7 nitrogen and oxygen atoms in total. The number of carbonyl (C=O) groups excluding carboxylic acids is 2. The molecule has 7 heteroatoms. The van der Waals surface area contributed by atoms with E-state index in [2.05, 4.69) is 4.98 Å². The highest BCUT2D eigenvalue weighted by molar-refractivity contribution is 6.00. The van der Waals surface area contributed by atoms with Crippen molar-refractivity contribution in [3.8, 4) is 0 Å². The molecule has 2 saturated heterocycles. The van der Waals surface area contributed by atoms with Crippen molar-refractivity contribution in [1.29, 1.82) is 0 Å². The van der Waals surface area contributed by atoms with Gasteiger partial charge in [0, 0.05) is 37.1 Å². The molecule has 0 radical (unpaired) electrons. The van der Waals surface area contributed by atoms with Gasteiger partial charge in [-0.2, -0.15) is 0 Å². The van der Waals surface area contributed by atoms with Crippen molar-refractivity contribution in [2.75, 3.05) is 39.4 Å². The maximum Gasteiger partial charge on any atom is 0.261 e. The minimum absolute atomic E-state index is 0.0879. The van der Waals surface area contributed by atoms with Gasteiger partial charge in [-0.1, -0.05) is 18.2 Å². The van der Waals surface area contributed by atoms with E-state index in [9.17, 15) is 14.4 Å². The highest BCUT2D eigenvalue weighted by atomic mass is 16.5. The van der Waals surface area contributed by atoms with Crippen molar-refractivity contribution < 1.29 is 14.3 Å². The number of H-pyrrole nitrogens is 1. The molecule has 0 bridgehead atoms. The largest absolute Gasteiger partial charge is 0.378 e. The van der Waals surface area contributed by atoms with Gasteiger partial charge in [0.1, 0.15) is 5.56 Å². The number of ether oxygens (including phenoxy) is 1. The van der Waals surface area contributed by atoms with Crippen LogP contribution in [0.25, 0.3) is 10.9 Å². The van der Waals surface area contributed by atoms with Crippen LogP contribution in [0, 0.1) is 12.8 Å². The van der Waals surface area contributed by atoms with Crippen LogP contribution in [0.1, 0.15) is 28.8 Å². The van der Waals surface area contributed by atoms with Crippen LogP contribution < -0.4 is 5.56 Å². The third-order valence-corrected chi connectivity index (χ3v) is 5.78. The molecule has 3 heterocycles. The number of aromatic amines is 1. The molecule has 148 valence electrons. The minimum Gasteiger partial charge on any atom is -0.378 e. The third-order valence-electron chi connectivity index (χ3n) is 5.78. The maximum absolute atomic E-state index is 13.2. The summed E-state index contributed by atoms with van der Waals surface area (Å²) in [6, 6.07) is 7.47. The second-order valence-corrected chi connectivity index (χ2v) is 7.53. The Morgan fingerprint density at radius 1 is 1.11 bits per heavy atom. The zero-order chi connectivity index (χ0) is 19.7. The molecule has 2 amide bonds. The molecule has 1 aromatic carbocycles. The Labute approximate surface area is 163 Å². The van der Waals surface area contributed by atoms with Gasteiger partial charge in [-0.05, 0) is 31.4 Å². The Kier molecular flexibility index (Phi) is 5.17. The quantitative estimate of drug-likeness (QED) is 0.853. The molecular formula is C21H25N3O4. The second-order valence-electron chi connectivity index (χ2n) is 7.53. The van der Waals surface area contributed by atoms with Gasteiger partial charge >= 0.3 is 0 Å². The summed E-state index contributed by atoms with van der Waals surface area (Å²) in [5.41, 5.74) is 1.22. The number of nitrogens with zero attached hydrogens (tertiary/aromatic N) is 2. The van der Waals surface area contributed by atoms with Crippen molar-refractivity contribution >= 4 is 22.7 Å². The maximum atomic E-state index is 13.2. The summed E-state index contributed by atoms with van der Waals surface area (Å²) in [5, 5.41) is 0.864. The van der Waals surface area contributed by atoms with E-state index in [0.29, 0.717) is 45.0 Å². The number of para-hydroxylation sites is 1. The van der Waals surface area contributed by atoms with Gasteiger partial charge in [0.2, 0.25) is 5.91 Å². The van der Waals surface area contributed by atoms with Crippen LogP contribution >= 0.6 is 0 Å². The summed E-state index contributed by atoms with van der Waals surface area (Å²) in [5.74, 6) is -0.412. The lowest BCUT2D eigenvalue weighted by Gasteiger charge is -2.36. The number of nitrogens with one attached hydrogen (secondary N) is 1. The van der Waals surface area contributed by atoms with E-state index in [1.807, 2.05) is 36.1 Å². The van der Waals surface area contributed by atoms with E-state index in [4.69, 9.17) is 4.74 Å². The zero-order valence-electron chi connectivity index (χ0n) is 16.1. The van der Waals surface area contributed by atoms with E-state index >= 15 is 0 Å². The molecule has 0 unspecified atom stereocenters. The second kappa shape index (κ2) is 7.75. The number of rotatable bonds is 2. The first-order chi connectivity index (χ1) is 13.6. The van der Waals surface area contributed by atoms with Gasteiger partial charge in [0.15, 0.2) is 0 Å². The Bertz CT molecular complexity index is 962. The Balaban J connectivity index is 1.57. The summed E-state index contributed by atoms with van der Waals surface area (Å²) in [4.78, 5) is 44.9. The normalized spacial score (nSPS) is 20.4. The Morgan fingerprint density at radius 3 is 2.64 bits per heavy atom. The molecule has 4 rings (SSSR count). The topological polar surface area (TPSA) is 82.7 Å². The van der Waals surface area contributed by atoms with E-state index in [-0.39, 0.29) is 28.9 Å². The van der Waals surface area contributed by atoms with E-state index in [1.165, 1.54) is 0 Å². The first kappa shape index (κ1) is 18.7. The van der Waals surface area contributed by atoms with Crippen LogP contribution in [-0.2, 0) is 9.53 Å². The lowest BCUT2D eigenvalue weighted by atomic mass is 9.95. The zero-order valence-corrected chi connectivity index (χ0v) is 16.1. The fourth-order valence-electron chi connectivity index (χ4n) is 4.23. The smallest absolute Gasteiger partial charge is 0.261 e. The fourth-order valence-corrected chi connectivity index (χ4v) is 4.23. The molecule has 0 spiro atoms. The number of aryl methyl sites for hydroxylation is 1. The van der Waals surface area contributed by atoms with E-state index in [1.54, 1.807) is 4.90 Å². The monoisotopic (exact) mass is 383 g/mol. The van der Waals surface area contributed by atoms with Crippen LogP contribution in [0.5, 0.6) is 0 Å². The van der Waals surface area contributed by atoms with E-state index < -0.39 is 0 Å². The lowest BCUT2D eigenvalue weighted by molar-refractivity contribution is -0.141. The number of hydrogen-bond acceptors (Lipinski definition) is 4. The highest BCUT2D eigenvalue weighted by Gasteiger charge is 2.33. The van der Waals surface area contributed by atoms with Crippen molar-refractivity contribution in [1.82, 2.24) is 14.8 Å². The first-order valence-corrected chi connectivity index (χ1v) is 9.83. The molecule has 2 fully saturated rings. The van der Waals surface area contributed by atoms with Crippen LogP contribution in [0.2, 0.25) is 0 Å². The molecule has 2 aliphatic rings. The number of pyridine rings is 1. The fraction of sp³-hybridized carbons (Fsp3) is 0.476. The molecular weight excluding hydrogens is 358 g/mol. The molecule has 2 aromatic rings. The average molecular weight is 383 g/mol. The molecule has 1 atom stereocenters. The van der Waals surface area contributed by atoms with Gasteiger partial charge in [0.05, 0.1) is 19.1 Å². The van der Waals surface area contributed by atoms with Crippen LogP contribution in [-0.4, -0.2) is 66.0 Å². The van der Waals surface area contributed by atoms with Gasteiger partial charge in [0.25, 0.3) is 11.5 Å². The number of piperidine rings is 1. The summed E-state index contributed by atoms with van der Waals surface area (Å²) in [6.07, 6.45) is 1.53. The molecule has 0 saturated carbocycles. The van der Waals surface area contributed by atoms with Crippen LogP contribution in [0.4, 0.5) is 0 Å². The van der Waals surface area contributed by atoms with Crippen LogP contribution in [0.3, 0.4) is 0 Å². The van der Waals surface area contributed by atoms with E-state index in [0.717, 1.165) is 23.7 Å². The van der Waals surface area contributed by atoms with Crippen LogP contribution in [0.15, 0.2) is 29.1 Å². The summed E-state index contributed by atoms with van der Waals surface area (Å²) in [7, 11) is 0. The van der Waals surface area contributed by atoms with Gasteiger partial charge in [-0.15, -0.1) is 0 Å². The highest BCUT2D eigenvalue weighted by Crippen LogP contribution is 2.23. The van der Waals surface area contributed by atoms with Crippen molar-refractivity contribution in [3.63, 3.8) is 0 Å². The number of aromatic nitrogens is 1. The van der Waals surface area contributed by atoms with Crippen molar-refractivity contribution in [2.24, 2.45) is 5.92 Å². The molecule has 2 aliphatic heterocycles. The number of carbonyl (C=O) groups is 2. The summed E-state index contributed by atoms with van der Waals surface area (Å²) in [6.45, 7) is 5.07. The Hall–Kier alpha value is -2.67. The molecule has 1 N–H and O–H groups in total. The van der Waals surface area contributed by atoms with Gasteiger partial charge in [-0.25, -0.2) is 0 Å². The van der Waals surface area contributed by atoms with Gasteiger partial charge in [-0.3, -0.25) is 14.4 Å². The number of likely N-dealkylation sites (tertiary alicyclic amines) is 1. The van der Waals surface area contributed by atoms with Gasteiger partial charge < -0.3 is 19.5 Å². The number of amides is 2. The first-order valence-electron chi connectivity index (χ1n) is 9.83. The number of hydrogen-bond donors (Lipinski definition) is 1. The molecule has 28 heavy (non-hydrogen) atoms. The van der Waals surface area contributed by atoms with Crippen molar-refractivity contribution in [2.45, 2.75) is 19.8 Å². The number of fused-ring (bicyclic) bond motifs is 1. The SMILES string of the molecule is Cc1c(C(=O)N2CCC[C@@H](C(=O)N3CCOCC3)C2)c(=O)[nH]c2ccccc12.